The lowest BCUT2D eigenvalue weighted by molar-refractivity contribution is 0.0995. The summed E-state index contributed by atoms with van der Waals surface area (Å²) >= 11 is 0. The van der Waals surface area contributed by atoms with Crippen molar-refractivity contribution in [3.63, 3.8) is 0 Å². The highest BCUT2D eigenvalue weighted by Gasteiger charge is 2.18. The van der Waals surface area contributed by atoms with E-state index in [1.165, 1.54) is 26.2 Å². The first-order valence-electron chi connectivity index (χ1n) is 6.21. The van der Waals surface area contributed by atoms with Crippen LogP contribution in [0, 0.1) is 6.92 Å². The van der Waals surface area contributed by atoms with Crippen molar-refractivity contribution in [1.29, 1.82) is 0 Å². The van der Waals surface area contributed by atoms with Crippen molar-refractivity contribution in [3.8, 4) is 0 Å². The molecule has 1 heterocycles. The summed E-state index contributed by atoms with van der Waals surface area (Å²) in [5.41, 5.74) is 0.386. The maximum absolute atomic E-state index is 12.0. The number of furan rings is 1. The van der Waals surface area contributed by atoms with E-state index in [0.29, 0.717) is 11.4 Å². The van der Waals surface area contributed by atoms with E-state index in [9.17, 15) is 13.2 Å². The first-order valence-corrected chi connectivity index (χ1v) is 7.65. The molecule has 1 aromatic heterocycles. The van der Waals surface area contributed by atoms with Crippen molar-refractivity contribution in [3.05, 3.63) is 47.9 Å². The summed E-state index contributed by atoms with van der Waals surface area (Å²) in [4.78, 5) is 12.1. The zero-order chi connectivity index (χ0) is 15.6. The van der Waals surface area contributed by atoms with Crippen molar-refractivity contribution in [2.75, 3.05) is 19.4 Å². The molecular formula is C14H16N2O4S. The van der Waals surface area contributed by atoms with Crippen LogP contribution in [-0.2, 0) is 10.0 Å². The number of benzene rings is 1. The Hall–Kier alpha value is -2.12. The molecule has 0 atom stereocenters. The van der Waals surface area contributed by atoms with Crippen LogP contribution in [0.5, 0.6) is 0 Å². The summed E-state index contributed by atoms with van der Waals surface area (Å²) in [6.07, 6.45) is 0. The van der Waals surface area contributed by atoms with Gasteiger partial charge in [0, 0.05) is 19.8 Å². The van der Waals surface area contributed by atoms with Gasteiger partial charge >= 0.3 is 0 Å². The summed E-state index contributed by atoms with van der Waals surface area (Å²) in [7, 11) is -0.636. The molecule has 0 saturated carbocycles. The minimum absolute atomic E-state index is 0.112. The monoisotopic (exact) mass is 308 g/mol. The smallest absolute Gasteiger partial charge is 0.291 e. The van der Waals surface area contributed by atoms with Crippen LogP contribution in [0.15, 0.2) is 45.7 Å². The number of amides is 1. The molecule has 2 rings (SSSR count). The van der Waals surface area contributed by atoms with Gasteiger partial charge in [-0.1, -0.05) is 6.07 Å². The van der Waals surface area contributed by atoms with Gasteiger partial charge in [0.25, 0.3) is 5.91 Å². The molecular weight excluding hydrogens is 292 g/mol. The zero-order valence-corrected chi connectivity index (χ0v) is 12.8. The maximum Gasteiger partial charge on any atom is 0.291 e. The molecule has 1 N–H and O–H groups in total. The lowest BCUT2D eigenvalue weighted by atomic mass is 10.3. The van der Waals surface area contributed by atoms with Crippen molar-refractivity contribution in [2.24, 2.45) is 0 Å². The Balaban J connectivity index is 2.25. The van der Waals surface area contributed by atoms with Crippen LogP contribution in [0.3, 0.4) is 0 Å². The molecule has 7 heteroatoms. The lowest BCUT2D eigenvalue weighted by Crippen LogP contribution is -2.22. The minimum Gasteiger partial charge on any atom is -0.456 e. The van der Waals surface area contributed by atoms with E-state index in [-0.39, 0.29) is 10.7 Å². The van der Waals surface area contributed by atoms with Crippen molar-refractivity contribution < 1.29 is 17.6 Å². The maximum atomic E-state index is 12.0. The second kappa shape index (κ2) is 5.71. The van der Waals surface area contributed by atoms with Gasteiger partial charge in [0.2, 0.25) is 10.0 Å². The van der Waals surface area contributed by atoms with Gasteiger partial charge in [-0.2, -0.15) is 0 Å². The van der Waals surface area contributed by atoms with Gasteiger partial charge in [-0.25, -0.2) is 12.7 Å². The third-order valence-corrected chi connectivity index (χ3v) is 4.65. The number of rotatable bonds is 4. The van der Waals surface area contributed by atoms with Crippen LogP contribution in [-0.4, -0.2) is 32.7 Å². The van der Waals surface area contributed by atoms with E-state index >= 15 is 0 Å². The number of nitrogens with one attached hydrogen (secondary N) is 1. The second-order valence-electron chi connectivity index (χ2n) is 4.68. The molecule has 0 saturated heterocycles. The van der Waals surface area contributed by atoms with Gasteiger partial charge < -0.3 is 9.73 Å². The standard InChI is InChI=1S/C14H16N2O4S/c1-10-7-8-13(20-10)14(17)15-11-5-4-6-12(9-11)21(18,19)16(2)3/h4-9H,1-3H3,(H,15,17). The molecule has 112 valence electrons. The number of sulfonamides is 1. The highest BCUT2D eigenvalue weighted by Crippen LogP contribution is 2.19. The average molecular weight is 308 g/mol. The van der Waals surface area contributed by atoms with Gasteiger partial charge in [-0.05, 0) is 37.3 Å². The predicted molar refractivity (Wildman–Crippen MR) is 78.7 cm³/mol. The molecule has 0 aliphatic carbocycles. The fourth-order valence-corrected chi connectivity index (χ4v) is 2.64. The molecule has 0 aliphatic rings. The van der Waals surface area contributed by atoms with Crippen molar-refractivity contribution in [1.82, 2.24) is 4.31 Å². The van der Waals surface area contributed by atoms with Crippen LogP contribution < -0.4 is 5.32 Å². The number of nitrogens with zero attached hydrogens (tertiary/aromatic N) is 1. The molecule has 1 amide bonds. The number of carbonyl (C=O) groups is 1. The second-order valence-corrected chi connectivity index (χ2v) is 6.83. The van der Waals surface area contributed by atoms with E-state index in [1.807, 2.05) is 0 Å². The van der Waals surface area contributed by atoms with E-state index in [0.717, 1.165) is 4.31 Å². The van der Waals surface area contributed by atoms with Crippen molar-refractivity contribution in [2.45, 2.75) is 11.8 Å². The number of hydrogen-bond acceptors (Lipinski definition) is 4. The Kier molecular flexibility index (Phi) is 4.15. The third kappa shape index (κ3) is 3.32. The highest BCUT2D eigenvalue weighted by molar-refractivity contribution is 7.89. The molecule has 0 fully saturated rings. The van der Waals surface area contributed by atoms with E-state index in [1.54, 1.807) is 31.2 Å². The van der Waals surface area contributed by atoms with Gasteiger partial charge in [-0.15, -0.1) is 0 Å². The molecule has 1 aromatic carbocycles. The number of hydrogen-bond donors (Lipinski definition) is 1. The molecule has 0 radical (unpaired) electrons. The first kappa shape index (κ1) is 15.3. The first-order chi connectivity index (χ1) is 9.80. The Morgan fingerprint density at radius 3 is 2.48 bits per heavy atom. The number of carbonyl (C=O) groups excluding carboxylic acids is 1. The molecule has 0 spiro atoms. The van der Waals surface area contributed by atoms with Crippen LogP contribution in [0.2, 0.25) is 0 Å². The predicted octanol–water partition coefficient (Wildman–Crippen LogP) is 2.09. The molecule has 0 aliphatic heterocycles. The quantitative estimate of drug-likeness (QED) is 0.938. The molecule has 0 unspecified atom stereocenters. The van der Waals surface area contributed by atoms with Gasteiger partial charge in [0.05, 0.1) is 4.90 Å². The van der Waals surface area contributed by atoms with Crippen LogP contribution in [0.1, 0.15) is 16.3 Å². The normalized spacial score (nSPS) is 11.6. The van der Waals surface area contributed by atoms with E-state index in [2.05, 4.69) is 5.32 Å². The summed E-state index contributed by atoms with van der Waals surface area (Å²) < 4.78 is 30.4. The summed E-state index contributed by atoms with van der Waals surface area (Å²) in [5.74, 6) is 0.375. The van der Waals surface area contributed by atoms with Crippen LogP contribution >= 0.6 is 0 Å². The van der Waals surface area contributed by atoms with Crippen LogP contribution in [0.4, 0.5) is 5.69 Å². The lowest BCUT2D eigenvalue weighted by Gasteiger charge is -2.12. The Morgan fingerprint density at radius 2 is 1.90 bits per heavy atom. The third-order valence-electron chi connectivity index (χ3n) is 2.83. The topological polar surface area (TPSA) is 79.6 Å². The number of aryl methyl sites for hydroxylation is 1. The van der Waals surface area contributed by atoms with E-state index in [4.69, 9.17) is 4.42 Å². The van der Waals surface area contributed by atoms with Gasteiger partial charge in [-0.3, -0.25) is 4.79 Å². The zero-order valence-electron chi connectivity index (χ0n) is 12.0. The Labute approximate surface area is 123 Å². The fourth-order valence-electron chi connectivity index (χ4n) is 1.69. The summed E-state index contributed by atoms with van der Waals surface area (Å²) in [6.45, 7) is 1.74. The summed E-state index contributed by atoms with van der Waals surface area (Å²) in [6, 6.07) is 9.31. The minimum atomic E-state index is -3.54. The Morgan fingerprint density at radius 1 is 1.19 bits per heavy atom. The molecule has 0 bridgehead atoms. The van der Waals surface area contributed by atoms with Crippen molar-refractivity contribution >= 4 is 21.6 Å². The largest absolute Gasteiger partial charge is 0.456 e. The average Bonchev–Trinajstić information content (AvgIpc) is 2.85. The SMILES string of the molecule is Cc1ccc(C(=O)Nc2cccc(S(=O)(=O)N(C)C)c2)o1. The molecule has 21 heavy (non-hydrogen) atoms. The number of anilines is 1. The fraction of sp³-hybridized carbons (Fsp3) is 0.214. The van der Waals surface area contributed by atoms with Crippen LogP contribution in [0.25, 0.3) is 0 Å². The Bertz CT molecular complexity index is 763. The van der Waals surface area contributed by atoms with E-state index < -0.39 is 15.9 Å². The molecule has 2 aromatic rings. The van der Waals surface area contributed by atoms with Gasteiger partial charge in [0.1, 0.15) is 5.76 Å². The van der Waals surface area contributed by atoms with Gasteiger partial charge in [0.15, 0.2) is 5.76 Å². The highest BCUT2D eigenvalue weighted by atomic mass is 32.2. The summed E-state index contributed by atoms with van der Waals surface area (Å²) in [5, 5.41) is 2.61. The molecule has 6 nitrogen and oxygen atoms in total.